The minimum absolute atomic E-state index is 0.260. The Morgan fingerprint density at radius 1 is 0.235 bits per heavy atom. The van der Waals surface area contributed by atoms with Gasteiger partial charge in [-0.3, -0.25) is 0 Å². The van der Waals surface area contributed by atoms with Crippen molar-refractivity contribution in [2.45, 2.75) is 0 Å². The minimum Gasteiger partial charge on any atom is -0.508 e. The Hall–Kier alpha value is -3.86. The Labute approximate surface area is 339 Å². The van der Waals surface area contributed by atoms with Crippen LogP contribution in [0.2, 0.25) is 0 Å². The maximum absolute atomic E-state index is 9.92. The molecule has 0 aliphatic rings. The van der Waals surface area contributed by atoms with Crippen LogP contribution in [0.1, 0.15) is 0 Å². The molecule has 0 saturated heterocycles. The maximum Gasteiger partial charge on any atom is 0.117 e. The molecule has 0 saturated carbocycles. The van der Waals surface area contributed by atoms with Crippen molar-refractivity contribution < 1.29 is 20.4 Å². The van der Waals surface area contributed by atoms with Gasteiger partial charge in [0.1, 0.15) is 23.0 Å². The van der Waals surface area contributed by atoms with Crippen LogP contribution < -0.4 is 0 Å². The molecule has 7 rings (SSSR count). The van der Waals surface area contributed by atoms with E-state index in [1.807, 2.05) is 109 Å². The summed E-state index contributed by atoms with van der Waals surface area (Å²) in [6.45, 7) is 0. The molecule has 0 aromatic heterocycles. The number of benzene rings is 7. The van der Waals surface area contributed by atoms with Crippen LogP contribution in [0, 0.1) is 0 Å². The lowest BCUT2D eigenvalue weighted by Gasteiger charge is -2.07. The summed E-state index contributed by atoms with van der Waals surface area (Å²) < 4.78 is 4.36. The summed E-state index contributed by atoms with van der Waals surface area (Å²) in [5.41, 5.74) is 6.38. The molecule has 0 unspecified atom stereocenters. The van der Waals surface area contributed by atoms with Crippen molar-refractivity contribution in [3.05, 3.63) is 186 Å². The molecule has 0 amide bonds. The van der Waals surface area contributed by atoms with E-state index in [-0.39, 0.29) is 17.2 Å². The van der Waals surface area contributed by atoms with E-state index in [1.54, 1.807) is 48.5 Å². The van der Waals surface area contributed by atoms with Gasteiger partial charge in [0, 0.05) is 22.4 Å². The molecule has 4 nitrogen and oxygen atoms in total. The molecule has 0 bridgehead atoms. The van der Waals surface area contributed by atoms with E-state index < -0.39 is 0 Å². The van der Waals surface area contributed by atoms with E-state index in [0.29, 0.717) is 5.75 Å². The number of hydrogen-bond acceptors (Lipinski definition) is 4. The SMILES string of the molecule is Oc1cc(-c2ccccc2)cc(-c2ccccc2)c1.Oc1cc(Br)cc(-c2ccccc2)c1.Oc1cc(Br)cc(Br)c1.Oc1cc(Br)cc(Br)c1. The Kier molecular flexibility index (Phi) is 15.8. The molecule has 0 atom stereocenters. The second-order valence-electron chi connectivity index (χ2n) is 10.8. The minimum atomic E-state index is 0.260. The van der Waals surface area contributed by atoms with Crippen LogP contribution in [-0.4, -0.2) is 20.4 Å². The first kappa shape index (κ1) is 39.9. The Morgan fingerprint density at radius 3 is 0.745 bits per heavy atom. The fourth-order valence-corrected chi connectivity index (χ4v) is 7.68. The third-order valence-electron chi connectivity index (χ3n) is 6.82. The molecule has 7 aromatic carbocycles. The smallest absolute Gasteiger partial charge is 0.117 e. The van der Waals surface area contributed by atoms with Crippen molar-refractivity contribution in [3.8, 4) is 56.4 Å². The van der Waals surface area contributed by atoms with Crippen molar-refractivity contribution in [1.82, 2.24) is 0 Å². The topological polar surface area (TPSA) is 80.9 Å². The van der Waals surface area contributed by atoms with E-state index >= 15 is 0 Å². The van der Waals surface area contributed by atoms with Gasteiger partial charge in [-0.25, -0.2) is 0 Å². The van der Waals surface area contributed by atoms with Crippen molar-refractivity contribution in [3.63, 3.8) is 0 Å². The maximum atomic E-state index is 9.92. The first-order valence-corrected chi connectivity index (χ1v) is 19.2. The van der Waals surface area contributed by atoms with Crippen LogP contribution in [0.5, 0.6) is 23.0 Å². The molecular formula is C42H31Br5O4. The summed E-state index contributed by atoms with van der Waals surface area (Å²) in [4.78, 5) is 0. The van der Waals surface area contributed by atoms with Crippen molar-refractivity contribution in [2.24, 2.45) is 0 Å². The fraction of sp³-hybridized carbons (Fsp3) is 0. The average molecular weight is 999 g/mol. The molecule has 0 aliphatic carbocycles. The molecular weight excluding hydrogens is 968 g/mol. The largest absolute Gasteiger partial charge is 0.508 e. The summed E-state index contributed by atoms with van der Waals surface area (Å²) in [6, 6.07) is 51.5. The van der Waals surface area contributed by atoms with Gasteiger partial charge in [-0.1, -0.05) is 171 Å². The average Bonchev–Trinajstić information content (AvgIpc) is 3.08. The number of phenolic OH excluding ortho intramolecular Hbond substituents is 4. The summed E-state index contributed by atoms with van der Waals surface area (Å²) in [6.07, 6.45) is 0. The Bertz CT molecular complexity index is 1920. The predicted octanol–water partition coefficient (Wildman–Crippen LogP) is 14.4. The van der Waals surface area contributed by atoms with E-state index in [9.17, 15) is 10.2 Å². The molecule has 7 aromatic rings. The van der Waals surface area contributed by atoms with Crippen LogP contribution in [0.4, 0.5) is 0 Å². The molecule has 0 heterocycles. The highest BCUT2D eigenvalue weighted by molar-refractivity contribution is 9.11. The number of aromatic hydroxyl groups is 4. The third-order valence-corrected chi connectivity index (χ3v) is 9.11. The molecule has 0 fully saturated rings. The lowest BCUT2D eigenvalue weighted by molar-refractivity contribution is 0.474. The van der Waals surface area contributed by atoms with Gasteiger partial charge in [-0.2, -0.15) is 0 Å². The molecule has 9 heteroatoms. The van der Waals surface area contributed by atoms with Crippen molar-refractivity contribution in [1.29, 1.82) is 0 Å². The van der Waals surface area contributed by atoms with Gasteiger partial charge >= 0.3 is 0 Å². The zero-order chi connectivity index (χ0) is 36.8. The lowest BCUT2D eigenvalue weighted by Crippen LogP contribution is -1.81. The van der Waals surface area contributed by atoms with Gasteiger partial charge in [-0.15, -0.1) is 0 Å². The highest BCUT2D eigenvalue weighted by Crippen LogP contribution is 2.31. The van der Waals surface area contributed by atoms with E-state index in [2.05, 4.69) is 85.7 Å². The quantitative estimate of drug-likeness (QED) is 0.142. The standard InChI is InChI=1S/C18H14O.C12H9BrO.2C6H4Br2O/c19-18-12-16(14-7-3-1-4-8-14)11-17(13-18)15-9-5-2-6-10-15;13-11-6-10(7-12(14)8-11)9-4-2-1-3-5-9;2*7-4-1-5(8)3-6(9)2-4/h1-13,19H;1-8,14H;2*1-3,9H. The molecule has 258 valence electrons. The molecule has 51 heavy (non-hydrogen) atoms. The molecule has 0 aliphatic heterocycles. The van der Waals surface area contributed by atoms with Gasteiger partial charge < -0.3 is 20.4 Å². The highest BCUT2D eigenvalue weighted by Gasteiger charge is 2.04. The zero-order valence-electron chi connectivity index (χ0n) is 26.8. The Balaban J connectivity index is 0.000000161. The van der Waals surface area contributed by atoms with Crippen LogP contribution in [0.3, 0.4) is 0 Å². The third kappa shape index (κ3) is 14.0. The monoisotopic (exact) mass is 994 g/mol. The van der Waals surface area contributed by atoms with Crippen molar-refractivity contribution in [2.75, 3.05) is 0 Å². The molecule has 0 spiro atoms. The first-order valence-electron chi connectivity index (χ1n) is 15.2. The highest BCUT2D eigenvalue weighted by atomic mass is 79.9. The second-order valence-corrected chi connectivity index (χ2v) is 15.4. The van der Waals surface area contributed by atoms with Crippen LogP contribution in [0.25, 0.3) is 33.4 Å². The summed E-state index contributed by atoms with van der Waals surface area (Å²) in [5, 5.41) is 37.2. The summed E-state index contributed by atoms with van der Waals surface area (Å²) >= 11 is 16.2. The number of halogens is 5. The second kappa shape index (κ2) is 20.2. The molecule has 4 N–H and O–H groups in total. The van der Waals surface area contributed by atoms with Crippen molar-refractivity contribution >= 4 is 79.6 Å². The van der Waals surface area contributed by atoms with Gasteiger partial charge in [0.05, 0.1) is 0 Å². The van der Waals surface area contributed by atoms with Crippen LogP contribution in [-0.2, 0) is 0 Å². The fourth-order valence-electron chi connectivity index (χ4n) is 4.66. The van der Waals surface area contributed by atoms with Crippen LogP contribution >= 0.6 is 79.6 Å². The zero-order valence-corrected chi connectivity index (χ0v) is 34.7. The first-order chi connectivity index (χ1) is 24.4. The van der Waals surface area contributed by atoms with Gasteiger partial charge in [0.2, 0.25) is 0 Å². The molecule has 0 radical (unpaired) electrons. The Morgan fingerprint density at radius 2 is 0.471 bits per heavy atom. The van der Waals surface area contributed by atoms with Crippen LogP contribution in [0.15, 0.2) is 186 Å². The van der Waals surface area contributed by atoms with E-state index in [4.69, 9.17) is 10.2 Å². The lowest BCUT2D eigenvalue weighted by atomic mass is 9.99. The van der Waals surface area contributed by atoms with Gasteiger partial charge in [0.25, 0.3) is 0 Å². The summed E-state index contributed by atoms with van der Waals surface area (Å²) in [7, 11) is 0. The number of phenols is 4. The van der Waals surface area contributed by atoms with Gasteiger partial charge in [0.15, 0.2) is 0 Å². The van der Waals surface area contributed by atoms with E-state index in [1.165, 1.54) is 0 Å². The van der Waals surface area contributed by atoms with E-state index in [0.717, 1.165) is 55.7 Å². The number of hydrogen-bond donors (Lipinski definition) is 4. The van der Waals surface area contributed by atoms with Gasteiger partial charge in [-0.05, 0) is 106 Å². The number of rotatable bonds is 3. The summed E-state index contributed by atoms with van der Waals surface area (Å²) in [5.74, 6) is 1.09. The predicted molar refractivity (Wildman–Crippen MR) is 227 cm³/mol. The normalized spacial score (nSPS) is 9.98.